The Morgan fingerprint density at radius 3 is 2.57 bits per heavy atom. The molecule has 0 saturated carbocycles. The van der Waals surface area contributed by atoms with Gasteiger partial charge in [0.15, 0.2) is 17.7 Å². The first-order chi connectivity index (χ1) is 11.1. The Kier molecular flexibility index (Phi) is 6.41. The van der Waals surface area contributed by atoms with Gasteiger partial charge in [0.05, 0.1) is 0 Å². The number of hydrogen-bond donors (Lipinski definition) is 1. The number of para-hydroxylation sites is 1. The van der Waals surface area contributed by atoms with E-state index in [2.05, 4.69) is 5.32 Å². The Morgan fingerprint density at radius 2 is 1.91 bits per heavy atom. The van der Waals surface area contributed by atoms with E-state index >= 15 is 0 Å². The van der Waals surface area contributed by atoms with E-state index in [1.807, 2.05) is 31.2 Å². The summed E-state index contributed by atoms with van der Waals surface area (Å²) in [7, 11) is 0. The molecule has 2 rings (SSSR count). The Bertz CT molecular complexity index is 646. The Hall–Kier alpha value is -2.07. The first-order valence-corrected chi connectivity index (χ1v) is 7.91. The second-order valence-corrected chi connectivity index (χ2v) is 5.55. The largest absolute Gasteiger partial charge is 0.478 e. The molecule has 0 unspecified atom stereocenters. The number of ether oxygens (including phenoxy) is 1. The summed E-state index contributed by atoms with van der Waals surface area (Å²) in [5.41, 5.74) is 1.08. The molecule has 23 heavy (non-hydrogen) atoms. The van der Waals surface area contributed by atoms with Gasteiger partial charge >= 0.3 is 0 Å². The molecule has 1 N–H and O–H groups in total. The number of halogens is 2. The average molecular weight is 336 g/mol. The predicted molar refractivity (Wildman–Crippen MR) is 89.3 cm³/mol. The number of carbonyl (C=O) groups is 1. The van der Waals surface area contributed by atoms with Crippen LogP contribution in [-0.4, -0.2) is 18.6 Å². The van der Waals surface area contributed by atoms with E-state index in [1.165, 1.54) is 12.1 Å². The Balaban J connectivity index is 1.85. The van der Waals surface area contributed by atoms with E-state index < -0.39 is 11.9 Å². The van der Waals surface area contributed by atoms with Crippen molar-refractivity contribution in [1.82, 2.24) is 5.32 Å². The van der Waals surface area contributed by atoms with E-state index in [0.29, 0.717) is 24.4 Å². The highest BCUT2D eigenvalue weighted by Crippen LogP contribution is 2.18. The molecule has 3 nitrogen and oxygen atoms in total. The highest BCUT2D eigenvalue weighted by atomic mass is 35.5. The van der Waals surface area contributed by atoms with Crippen LogP contribution in [-0.2, 0) is 11.2 Å². The first kappa shape index (κ1) is 17.3. The monoisotopic (exact) mass is 335 g/mol. The maximum absolute atomic E-state index is 13.6. The van der Waals surface area contributed by atoms with Gasteiger partial charge in [0, 0.05) is 11.6 Å². The summed E-state index contributed by atoms with van der Waals surface area (Å²) >= 11 is 5.83. The molecule has 2 aromatic carbocycles. The van der Waals surface area contributed by atoms with Crippen molar-refractivity contribution in [3.05, 3.63) is 64.9 Å². The molecule has 122 valence electrons. The molecule has 0 spiro atoms. The minimum Gasteiger partial charge on any atom is -0.478 e. The molecule has 5 heteroatoms. The quantitative estimate of drug-likeness (QED) is 0.830. The molecule has 1 atom stereocenters. The number of rotatable bonds is 7. The van der Waals surface area contributed by atoms with Crippen LogP contribution in [0.3, 0.4) is 0 Å². The predicted octanol–water partition coefficient (Wildman–Crippen LogP) is 4.00. The van der Waals surface area contributed by atoms with Gasteiger partial charge in [0.25, 0.3) is 5.91 Å². The molecule has 0 bridgehead atoms. The summed E-state index contributed by atoms with van der Waals surface area (Å²) in [4.78, 5) is 12.2. The lowest BCUT2D eigenvalue weighted by Crippen LogP contribution is -2.39. The van der Waals surface area contributed by atoms with Crippen LogP contribution in [0.15, 0.2) is 48.5 Å². The zero-order chi connectivity index (χ0) is 16.7. The molecule has 0 aliphatic rings. The van der Waals surface area contributed by atoms with Gasteiger partial charge in [-0.25, -0.2) is 4.39 Å². The summed E-state index contributed by atoms with van der Waals surface area (Å²) < 4.78 is 19.1. The molecule has 0 aromatic heterocycles. The third-order valence-electron chi connectivity index (χ3n) is 3.40. The van der Waals surface area contributed by atoms with Gasteiger partial charge in [-0.2, -0.15) is 0 Å². The van der Waals surface area contributed by atoms with E-state index in [9.17, 15) is 9.18 Å². The number of amides is 1. The van der Waals surface area contributed by atoms with Crippen LogP contribution >= 0.6 is 11.6 Å². The fraction of sp³-hybridized carbons (Fsp3) is 0.278. The first-order valence-electron chi connectivity index (χ1n) is 7.53. The van der Waals surface area contributed by atoms with Crippen LogP contribution in [0.2, 0.25) is 5.02 Å². The number of hydrogen-bond acceptors (Lipinski definition) is 2. The van der Waals surface area contributed by atoms with E-state index in [-0.39, 0.29) is 11.7 Å². The zero-order valence-corrected chi connectivity index (χ0v) is 13.6. The maximum Gasteiger partial charge on any atom is 0.261 e. The fourth-order valence-corrected chi connectivity index (χ4v) is 2.24. The normalized spacial score (nSPS) is 11.8. The van der Waals surface area contributed by atoms with Crippen molar-refractivity contribution in [3.8, 4) is 5.75 Å². The van der Waals surface area contributed by atoms with Crippen molar-refractivity contribution in [2.24, 2.45) is 0 Å². The van der Waals surface area contributed by atoms with Crippen LogP contribution in [0.4, 0.5) is 4.39 Å². The highest BCUT2D eigenvalue weighted by Gasteiger charge is 2.19. The molecular formula is C18H19ClFNO2. The van der Waals surface area contributed by atoms with Crippen LogP contribution in [0.1, 0.15) is 18.9 Å². The third-order valence-corrected chi connectivity index (χ3v) is 3.65. The summed E-state index contributed by atoms with van der Waals surface area (Å²) in [5.74, 6) is -0.628. The van der Waals surface area contributed by atoms with Crippen molar-refractivity contribution in [2.45, 2.75) is 25.9 Å². The van der Waals surface area contributed by atoms with Gasteiger partial charge < -0.3 is 10.1 Å². The van der Waals surface area contributed by atoms with Crippen molar-refractivity contribution >= 4 is 17.5 Å². The molecule has 0 saturated heterocycles. The molecule has 0 aliphatic heterocycles. The summed E-state index contributed by atoms with van der Waals surface area (Å²) in [6.45, 7) is 2.31. The van der Waals surface area contributed by atoms with Crippen molar-refractivity contribution in [1.29, 1.82) is 0 Å². The minimum absolute atomic E-state index is 0.0900. The smallest absolute Gasteiger partial charge is 0.261 e. The molecule has 0 aliphatic carbocycles. The highest BCUT2D eigenvalue weighted by molar-refractivity contribution is 6.30. The van der Waals surface area contributed by atoms with Crippen LogP contribution in [0.25, 0.3) is 0 Å². The molecular weight excluding hydrogens is 317 g/mol. The molecule has 1 amide bonds. The molecule has 0 radical (unpaired) electrons. The van der Waals surface area contributed by atoms with Gasteiger partial charge in [0.1, 0.15) is 0 Å². The maximum atomic E-state index is 13.6. The zero-order valence-electron chi connectivity index (χ0n) is 12.9. The van der Waals surface area contributed by atoms with Crippen molar-refractivity contribution in [3.63, 3.8) is 0 Å². The SMILES string of the molecule is CC[C@H](Oc1ccccc1F)C(=O)NCCc1ccc(Cl)cc1. The third kappa shape index (κ3) is 5.25. The number of nitrogens with one attached hydrogen (secondary N) is 1. The molecule has 2 aromatic rings. The van der Waals surface area contributed by atoms with Gasteiger partial charge in [-0.05, 0) is 42.7 Å². The van der Waals surface area contributed by atoms with Crippen molar-refractivity contribution < 1.29 is 13.9 Å². The summed E-state index contributed by atoms with van der Waals surface area (Å²) in [5, 5.41) is 3.50. The molecule has 0 heterocycles. The summed E-state index contributed by atoms with van der Waals surface area (Å²) in [6.07, 6.45) is 0.442. The Labute approximate surface area is 140 Å². The number of benzene rings is 2. The standard InChI is InChI=1S/C18H19ClFNO2/c1-2-16(23-17-6-4-3-5-15(17)20)18(22)21-12-11-13-7-9-14(19)10-8-13/h3-10,16H,2,11-12H2,1H3,(H,21,22)/t16-/m0/s1. The average Bonchev–Trinajstić information content (AvgIpc) is 2.56. The Morgan fingerprint density at radius 1 is 1.22 bits per heavy atom. The van der Waals surface area contributed by atoms with E-state index in [4.69, 9.17) is 16.3 Å². The van der Waals surface area contributed by atoms with Crippen LogP contribution < -0.4 is 10.1 Å². The van der Waals surface area contributed by atoms with Crippen LogP contribution in [0, 0.1) is 5.82 Å². The molecule has 0 fully saturated rings. The fourth-order valence-electron chi connectivity index (χ4n) is 2.11. The van der Waals surface area contributed by atoms with Crippen molar-refractivity contribution in [2.75, 3.05) is 6.54 Å². The topological polar surface area (TPSA) is 38.3 Å². The van der Waals surface area contributed by atoms with Crippen LogP contribution in [0.5, 0.6) is 5.75 Å². The van der Waals surface area contributed by atoms with Gasteiger partial charge in [-0.3, -0.25) is 4.79 Å². The lowest BCUT2D eigenvalue weighted by Gasteiger charge is -2.17. The summed E-state index contributed by atoms with van der Waals surface area (Å²) in [6, 6.07) is 13.5. The lowest BCUT2D eigenvalue weighted by molar-refractivity contribution is -0.128. The number of carbonyl (C=O) groups excluding carboxylic acids is 1. The van der Waals surface area contributed by atoms with Gasteiger partial charge in [-0.1, -0.05) is 42.8 Å². The second-order valence-electron chi connectivity index (χ2n) is 5.11. The van der Waals surface area contributed by atoms with E-state index in [0.717, 1.165) is 5.56 Å². The minimum atomic E-state index is -0.711. The van der Waals surface area contributed by atoms with E-state index in [1.54, 1.807) is 12.1 Å². The van der Waals surface area contributed by atoms with Gasteiger partial charge in [-0.15, -0.1) is 0 Å². The lowest BCUT2D eigenvalue weighted by atomic mass is 10.1. The van der Waals surface area contributed by atoms with Gasteiger partial charge in [0.2, 0.25) is 0 Å². The second kappa shape index (κ2) is 8.53.